The topological polar surface area (TPSA) is 73.9 Å². The predicted molar refractivity (Wildman–Crippen MR) is 90.8 cm³/mol. The number of amides is 3. The predicted octanol–water partition coefficient (Wildman–Crippen LogP) is 0.551. The van der Waals surface area contributed by atoms with Crippen molar-refractivity contribution in [2.24, 2.45) is 0 Å². The Morgan fingerprint density at radius 1 is 1.25 bits per heavy atom. The van der Waals surface area contributed by atoms with Crippen molar-refractivity contribution in [3.63, 3.8) is 0 Å². The Morgan fingerprint density at radius 3 is 2.58 bits per heavy atom. The zero-order chi connectivity index (χ0) is 17.0. The van der Waals surface area contributed by atoms with E-state index in [0.29, 0.717) is 19.5 Å². The zero-order valence-electron chi connectivity index (χ0n) is 14.7. The lowest BCUT2D eigenvalue weighted by Gasteiger charge is -2.48. The Kier molecular flexibility index (Phi) is 5.61. The third-order valence-electron chi connectivity index (χ3n) is 5.72. The smallest absolute Gasteiger partial charge is 0.315 e. The first-order chi connectivity index (χ1) is 11.6. The van der Waals surface area contributed by atoms with Gasteiger partial charge in [0, 0.05) is 45.2 Å². The summed E-state index contributed by atoms with van der Waals surface area (Å²) >= 11 is 0. The molecular formula is C17H30N4O3. The molecule has 0 radical (unpaired) electrons. The molecule has 1 unspecified atom stereocenters. The van der Waals surface area contributed by atoms with Gasteiger partial charge in [-0.05, 0) is 12.8 Å². The largest absolute Gasteiger partial charge is 0.379 e. The van der Waals surface area contributed by atoms with Gasteiger partial charge in [-0.25, -0.2) is 4.79 Å². The number of ether oxygens (including phenoxy) is 1. The molecule has 0 aromatic carbocycles. The number of nitrogens with zero attached hydrogens (tertiary/aromatic N) is 2. The first kappa shape index (κ1) is 17.5. The van der Waals surface area contributed by atoms with Crippen LogP contribution in [0.15, 0.2) is 0 Å². The van der Waals surface area contributed by atoms with Crippen LogP contribution in [0.2, 0.25) is 0 Å². The summed E-state index contributed by atoms with van der Waals surface area (Å²) in [5.41, 5.74) is 0.0711. The van der Waals surface area contributed by atoms with Crippen molar-refractivity contribution in [1.29, 1.82) is 0 Å². The average molecular weight is 338 g/mol. The van der Waals surface area contributed by atoms with Crippen molar-refractivity contribution in [3.8, 4) is 0 Å². The molecule has 136 valence electrons. The van der Waals surface area contributed by atoms with Gasteiger partial charge in [0.2, 0.25) is 5.91 Å². The first-order valence-corrected chi connectivity index (χ1v) is 9.20. The molecule has 7 nitrogen and oxygen atoms in total. The third kappa shape index (κ3) is 4.00. The van der Waals surface area contributed by atoms with Crippen molar-refractivity contribution in [3.05, 3.63) is 0 Å². The van der Waals surface area contributed by atoms with Crippen molar-refractivity contribution in [2.75, 3.05) is 46.4 Å². The summed E-state index contributed by atoms with van der Waals surface area (Å²) in [6, 6.07) is -0.227. The van der Waals surface area contributed by atoms with Crippen molar-refractivity contribution < 1.29 is 14.3 Å². The Labute approximate surface area is 144 Å². The number of hydrogen-bond acceptors (Lipinski definition) is 4. The van der Waals surface area contributed by atoms with Crippen LogP contribution in [0.5, 0.6) is 0 Å². The van der Waals surface area contributed by atoms with Gasteiger partial charge in [-0.3, -0.25) is 9.69 Å². The van der Waals surface area contributed by atoms with Crippen LogP contribution >= 0.6 is 0 Å². The third-order valence-corrected chi connectivity index (χ3v) is 5.72. The van der Waals surface area contributed by atoms with Gasteiger partial charge < -0.3 is 20.3 Å². The second-order valence-electron chi connectivity index (χ2n) is 7.39. The molecule has 0 spiro atoms. The van der Waals surface area contributed by atoms with E-state index in [2.05, 4.69) is 15.5 Å². The maximum absolute atomic E-state index is 12.3. The summed E-state index contributed by atoms with van der Waals surface area (Å²) < 4.78 is 5.49. The van der Waals surface area contributed by atoms with E-state index < -0.39 is 0 Å². The van der Waals surface area contributed by atoms with Gasteiger partial charge in [-0.15, -0.1) is 0 Å². The van der Waals surface area contributed by atoms with Crippen LogP contribution in [0.25, 0.3) is 0 Å². The van der Waals surface area contributed by atoms with Crippen molar-refractivity contribution in [1.82, 2.24) is 20.4 Å². The molecule has 0 aromatic rings. The maximum Gasteiger partial charge on any atom is 0.315 e. The fraction of sp³-hybridized carbons (Fsp3) is 0.882. The Bertz CT molecular complexity index is 459. The van der Waals surface area contributed by atoms with E-state index in [9.17, 15) is 9.59 Å². The van der Waals surface area contributed by atoms with Gasteiger partial charge in [-0.1, -0.05) is 19.3 Å². The lowest BCUT2D eigenvalue weighted by molar-refractivity contribution is -0.126. The summed E-state index contributed by atoms with van der Waals surface area (Å²) in [7, 11) is 1.78. The number of nitrogens with one attached hydrogen (secondary N) is 2. The quantitative estimate of drug-likeness (QED) is 0.785. The number of urea groups is 1. The number of likely N-dealkylation sites (tertiary alicyclic amines) is 1. The lowest BCUT2D eigenvalue weighted by Crippen LogP contribution is -2.60. The first-order valence-electron chi connectivity index (χ1n) is 9.20. The molecule has 24 heavy (non-hydrogen) atoms. The normalized spacial score (nSPS) is 28.0. The molecule has 2 heterocycles. The highest BCUT2D eigenvalue weighted by molar-refractivity contribution is 5.81. The molecule has 3 rings (SSSR count). The van der Waals surface area contributed by atoms with E-state index in [-0.39, 0.29) is 23.5 Å². The van der Waals surface area contributed by atoms with Crippen molar-refractivity contribution >= 4 is 11.9 Å². The van der Waals surface area contributed by atoms with Gasteiger partial charge in [0.1, 0.15) is 0 Å². The van der Waals surface area contributed by atoms with Gasteiger partial charge in [0.25, 0.3) is 0 Å². The fourth-order valence-electron chi connectivity index (χ4n) is 4.29. The van der Waals surface area contributed by atoms with Gasteiger partial charge >= 0.3 is 6.03 Å². The van der Waals surface area contributed by atoms with E-state index in [1.54, 1.807) is 11.9 Å². The highest BCUT2D eigenvalue weighted by Crippen LogP contribution is 2.33. The van der Waals surface area contributed by atoms with Crippen LogP contribution < -0.4 is 10.6 Å². The monoisotopic (exact) mass is 338 g/mol. The number of hydrogen-bond donors (Lipinski definition) is 2. The van der Waals surface area contributed by atoms with E-state index in [1.165, 1.54) is 19.3 Å². The second kappa shape index (κ2) is 7.70. The summed E-state index contributed by atoms with van der Waals surface area (Å²) in [4.78, 5) is 28.0. The maximum atomic E-state index is 12.3. The molecule has 1 aliphatic carbocycles. The Morgan fingerprint density at radius 2 is 1.96 bits per heavy atom. The summed E-state index contributed by atoms with van der Waals surface area (Å²) in [6.45, 7) is 4.74. The molecule has 2 saturated heterocycles. The second-order valence-corrected chi connectivity index (χ2v) is 7.39. The van der Waals surface area contributed by atoms with E-state index >= 15 is 0 Å². The number of carbonyl (C=O) groups is 2. The summed E-state index contributed by atoms with van der Waals surface area (Å²) in [6.07, 6.45) is 6.41. The van der Waals surface area contributed by atoms with E-state index in [4.69, 9.17) is 4.74 Å². The molecular weight excluding hydrogens is 308 g/mol. The highest BCUT2D eigenvalue weighted by atomic mass is 16.5. The number of rotatable bonds is 4. The minimum Gasteiger partial charge on any atom is -0.379 e. The molecule has 2 aliphatic heterocycles. The van der Waals surface area contributed by atoms with Crippen LogP contribution in [-0.2, 0) is 9.53 Å². The Hall–Kier alpha value is -1.34. The molecule has 7 heteroatoms. The minimum atomic E-state index is -0.152. The molecule has 3 aliphatic rings. The standard InChI is InChI=1S/C17H30N4O3/c1-20-12-14(11-15(20)22)19-16(23)18-13-17(5-3-2-4-6-17)21-7-9-24-10-8-21/h14H,2-13H2,1H3,(H2,18,19,23). The van der Waals surface area contributed by atoms with Gasteiger partial charge in [0.05, 0.1) is 19.3 Å². The van der Waals surface area contributed by atoms with Crippen LogP contribution in [0.1, 0.15) is 38.5 Å². The van der Waals surface area contributed by atoms with Crippen LogP contribution in [0.4, 0.5) is 4.79 Å². The molecule has 3 amide bonds. The molecule has 1 atom stereocenters. The van der Waals surface area contributed by atoms with E-state index in [1.807, 2.05) is 0 Å². The molecule has 1 saturated carbocycles. The van der Waals surface area contributed by atoms with Crippen LogP contribution in [0.3, 0.4) is 0 Å². The Balaban J connectivity index is 1.53. The lowest BCUT2D eigenvalue weighted by atomic mass is 9.80. The summed E-state index contributed by atoms with van der Waals surface area (Å²) in [5, 5.41) is 6.03. The number of carbonyl (C=O) groups excluding carboxylic acids is 2. The van der Waals surface area contributed by atoms with E-state index in [0.717, 1.165) is 39.1 Å². The molecule has 0 bridgehead atoms. The van der Waals surface area contributed by atoms with Gasteiger partial charge in [-0.2, -0.15) is 0 Å². The molecule has 0 aromatic heterocycles. The molecule has 2 N–H and O–H groups in total. The fourth-order valence-corrected chi connectivity index (χ4v) is 4.29. The highest BCUT2D eigenvalue weighted by Gasteiger charge is 2.39. The number of morpholine rings is 1. The van der Waals surface area contributed by atoms with Crippen LogP contribution in [-0.4, -0.2) is 79.8 Å². The van der Waals surface area contributed by atoms with Gasteiger partial charge in [0.15, 0.2) is 0 Å². The zero-order valence-corrected chi connectivity index (χ0v) is 14.7. The van der Waals surface area contributed by atoms with Crippen LogP contribution in [0, 0.1) is 0 Å². The summed E-state index contributed by atoms with van der Waals surface area (Å²) in [5.74, 6) is 0.0948. The average Bonchev–Trinajstić information content (AvgIpc) is 2.92. The molecule has 3 fully saturated rings. The SMILES string of the molecule is CN1CC(NC(=O)NCC2(N3CCOCC3)CCCCC2)CC1=O. The number of likely N-dealkylation sites (N-methyl/N-ethyl adjacent to an activating group) is 1. The minimum absolute atomic E-state index is 0.0711. The van der Waals surface area contributed by atoms with Crippen molar-refractivity contribution in [2.45, 2.75) is 50.1 Å².